The number of rotatable bonds is 7. The summed E-state index contributed by atoms with van der Waals surface area (Å²) in [6, 6.07) is 13.9. The molecule has 3 rings (SSSR count). The molecule has 0 saturated carbocycles. The van der Waals surface area contributed by atoms with Gasteiger partial charge < -0.3 is 15.0 Å². The Bertz CT molecular complexity index is 848. The third-order valence-electron chi connectivity index (χ3n) is 5.15. The SMILES string of the molecule is Cc1ccccc1OCCCC(=O)NC1CCN(C(=O)c2ccccc2F)CC1. The number of hydrogen-bond acceptors (Lipinski definition) is 3. The number of hydrogen-bond donors (Lipinski definition) is 1. The highest BCUT2D eigenvalue weighted by Crippen LogP contribution is 2.17. The van der Waals surface area contributed by atoms with Crippen molar-refractivity contribution in [3.05, 3.63) is 65.5 Å². The molecule has 0 atom stereocenters. The zero-order chi connectivity index (χ0) is 20.6. The number of carbonyl (C=O) groups is 2. The summed E-state index contributed by atoms with van der Waals surface area (Å²) in [6.45, 7) is 3.50. The van der Waals surface area contributed by atoms with E-state index in [1.807, 2.05) is 31.2 Å². The molecule has 0 aromatic heterocycles. The summed E-state index contributed by atoms with van der Waals surface area (Å²) in [6.07, 6.45) is 2.39. The zero-order valence-electron chi connectivity index (χ0n) is 16.7. The summed E-state index contributed by atoms with van der Waals surface area (Å²) in [5.41, 5.74) is 1.18. The van der Waals surface area contributed by atoms with E-state index in [-0.39, 0.29) is 23.4 Å². The molecule has 2 aromatic rings. The molecule has 1 N–H and O–H groups in total. The number of benzene rings is 2. The second-order valence-electron chi connectivity index (χ2n) is 7.33. The Hall–Kier alpha value is -2.89. The molecule has 1 heterocycles. The molecule has 1 fully saturated rings. The smallest absolute Gasteiger partial charge is 0.256 e. The minimum atomic E-state index is -0.499. The van der Waals surface area contributed by atoms with Crippen LogP contribution in [0.1, 0.15) is 41.6 Å². The van der Waals surface area contributed by atoms with Crippen LogP contribution in [0.15, 0.2) is 48.5 Å². The Morgan fingerprint density at radius 1 is 1.10 bits per heavy atom. The molecule has 0 unspecified atom stereocenters. The first-order chi connectivity index (χ1) is 14.0. The average molecular weight is 398 g/mol. The fraction of sp³-hybridized carbons (Fsp3) is 0.391. The van der Waals surface area contributed by atoms with Gasteiger partial charge in [-0.05, 0) is 49.9 Å². The normalized spacial score (nSPS) is 14.5. The van der Waals surface area contributed by atoms with Gasteiger partial charge in [-0.15, -0.1) is 0 Å². The minimum absolute atomic E-state index is 0.00253. The molecule has 2 amide bonds. The second kappa shape index (κ2) is 10.0. The van der Waals surface area contributed by atoms with E-state index in [0.29, 0.717) is 45.4 Å². The van der Waals surface area contributed by atoms with Crippen molar-refractivity contribution < 1.29 is 18.7 Å². The van der Waals surface area contributed by atoms with Crippen molar-refractivity contribution in [2.45, 2.75) is 38.6 Å². The summed E-state index contributed by atoms with van der Waals surface area (Å²) in [5.74, 6) is 0.0548. The Morgan fingerprint density at radius 3 is 2.52 bits per heavy atom. The number of ether oxygens (including phenoxy) is 1. The number of nitrogens with one attached hydrogen (secondary N) is 1. The van der Waals surface area contributed by atoms with Gasteiger partial charge in [-0.25, -0.2) is 4.39 Å². The molecule has 2 aromatic carbocycles. The van der Waals surface area contributed by atoms with E-state index in [0.717, 1.165) is 11.3 Å². The largest absolute Gasteiger partial charge is 0.493 e. The number of carbonyl (C=O) groups excluding carboxylic acids is 2. The predicted octanol–water partition coefficient (Wildman–Crippen LogP) is 3.71. The first-order valence-corrected chi connectivity index (χ1v) is 10.1. The summed E-state index contributed by atoms with van der Waals surface area (Å²) < 4.78 is 19.5. The number of amides is 2. The van der Waals surface area contributed by atoms with Crippen LogP contribution in [0.5, 0.6) is 5.75 Å². The number of para-hydroxylation sites is 1. The van der Waals surface area contributed by atoms with Gasteiger partial charge in [0.15, 0.2) is 0 Å². The van der Waals surface area contributed by atoms with Gasteiger partial charge in [-0.3, -0.25) is 9.59 Å². The topological polar surface area (TPSA) is 58.6 Å². The van der Waals surface area contributed by atoms with Crippen molar-refractivity contribution in [1.82, 2.24) is 10.2 Å². The number of nitrogens with zero attached hydrogens (tertiary/aromatic N) is 1. The highest BCUT2D eigenvalue weighted by Gasteiger charge is 2.25. The van der Waals surface area contributed by atoms with Crippen molar-refractivity contribution in [3.63, 3.8) is 0 Å². The van der Waals surface area contributed by atoms with Gasteiger partial charge in [0, 0.05) is 25.6 Å². The highest BCUT2D eigenvalue weighted by molar-refractivity contribution is 5.94. The standard InChI is InChI=1S/C23H27FN2O3/c1-17-7-2-5-10-21(17)29-16-6-11-22(27)25-18-12-14-26(15-13-18)23(28)19-8-3-4-9-20(19)24/h2-5,7-10,18H,6,11-16H2,1H3,(H,25,27). The molecule has 5 nitrogen and oxygen atoms in total. The molecule has 1 aliphatic heterocycles. The third-order valence-corrected chi connectivity index (χ3v) is 5.15. The van der Waals surface area contributed by atoms with Crippen molar-refractivity contribution in [2.24, 2.45) is 0 Å². The lowest BCUT2D eigenvalue weighted by Gasteiger charge is -2.32. The van der Waals surface area contributed by atoms with Crippen LogP contribution in [0.3, 0.4) is 0 Å². The lowest BCUT2D eigenvalue weighted by atomic mass is 10.0. The highest BCUT2D eigenvalue weighted by atomic mass is 19.1. The van der Waals surface area contributed by atoms with Crippen molar-refractivity contribution in [1.29, 1.82) is 0 Å². The minimum Gasteiger partial charge on any atom is -0.493 e. The molecule has 29 heavy (non-hydrogen) atoms. The van der Waals surface area contributed by atoms with Gasteiger partial charge in [-0.2, -0.15) is 0 Å². The lowest BCUT2D eigenvalue weighted by Crippen LogP contribution is -2.46. The van der Waals surface area contributed by atoms with Crippen LogP contribution >= 0.6 is 0 Å². The Morgan fingerprint density at radius 2 is 1.79 bits per heavy atom. The van der Waals surface area contributed by atoms with Crippen molar-refractivity contribution in [2.75, 3.05) is 19.7 Å². The fourth-order valence-corrected chi connectivity index (χ4v) is 3.46. The van der Waals surface area contributed by atoms with E-state index in [2.05, 4.69) is 5.32 Å². The van der Waals surface area contributed by atoms with E-state index < -0.39 is 5.82 Å². The predicted molar refractivity (Wildman–Crippen MR) is 109 cm³/mol. The van der Waals surface area contributed by atoms with Crippen LogP contribution in [0, 0.1) is 12.7 Å². The summed E-state index contributed by atoms with van der Waals surface area (Å²) in [7, 11) is 0. The van der Waals surface area contributed by atoms with E-state index in [9.17, 15) is 14.0 Å². The van der Waals surface area contributed by atoms with Crippen LogP contribution in [-0.2, 0) is 4.79 Å². The first-order valence-electron chi connectivity index (χ1n) is 10.1. The van der Waals surface area contributed by atoms with Gasteiger partial charge in [0.2, 0.25) is 5.91 Å². The van der Waals surface area contributed by atoms with E-state index in [1.54, 1.807) is 17.0 Å². The number of piperidine rings is 1. The van der Waals surface area contributed by atoms with Gasteiger partial charge >= 0.3 is 0 Å². The maximum atomic E-state index is 13.8. The molecular formula is C23H27FN2O3. The maximum Gasteiger partial charge on any atom is 0.256 e. The number of aryl methyl sites for hydroxylation is 1. The van der Waals surface area contributed by atoms with Gasteiger partial charge in [0.05, 0.1) is 12.2 Å². The zero-order valence-corrected chi connectivity index (χ0v) is 16.7. The molecule has 1 aliphatic rings. The van der Waals surface area contributed by atoms with Crippen LogP contribution < -0.4 is 10.1 Å². The quantitative estimate of drug-likeness (QED) is 0.724. The second-order valence-corrected chi connectivity index (χ2v) is 7.33. The molecule has 1 saturated heterocycles. The van der Waals surface area contributed by atoms with E-state index in [4.69, 9.17) is 4.74 Å². The van der Waals surface area contributed by atoms with Crippen LogP contribution in [0.25, 0.3) is 0 Å². The average Bonchev–Trinajstić information content (AvgIpc) is 2.73. The molecule has 0 spiro atoms. The molecule has 0 aliphatic carbocycles. The van der Waals surface area contributed by atoms with Gasteiger partial charge in [0.1, 0.15) is 11.6 Å². The van der Waals surface area contributed by atoms with Gasteiger partial charge in [-0.1, -0.05) is 30.3 Å². The number of halogens is 1. The van der Waals surface area contributed by atoms with Gasteiger partial charge in [0.25, 0.3) is 5.91 Å². The van der Waals surface area contributed by atoms with Crippen LogP contribution in [0.2, 0.25) is 0 Å². The van der Waals surface area contributed by atoms with Crippen LogP contribution in [-0.4, -0.2) is 42.5 Å². The van der Waals surface area contributed by atoms with Crippen molar-refractivity contribution >= 4 is 11.8 Å². The Labute approximate surface area is 170 Å². The Kier molecular flexibility index (Phi) is 7.22. The van der Waals surface area contributed by atoms with Crippen LogP contribution in [0.4, 0.5) is 4.39 Å². The van der Waals surface area contributed by atoms with E-state index in [1.165, 1.54) is 12.1 Å². The molecule has 6 heteroatoms. The third kappa shape index (κ3) is 5.79. The molecule has 0 radical (unpaired) electrons. The Balaban J connectivity index is 1.36. The summed E-state index contributed by atoms with van der Waals surface area (Å²) >= 11 is 0. The molecule has 0 bridgehead atoms. The number of likely N-dealkylation sites (tertiary alicyclic amines) is 1. The molecular weight excluding hydrogens is 371 g/mol. The lowest BCUT2D eigenvalue weighted by molar-refractivity contribution is -0.122. The fourth-order valence-electron chi connectivity index (χ4n) is 3.46. The first kappa shape index (κ1) is 20.8. The monoisotopic (exact) mass is 398 g/mol. The van der Waals surface area contributed by atoms with Crippen molar-refractivity contribution in [3.8, 4) is 5.75 Å². The summed E-state index contributed by atoms with van der Waals surface area (Å²) in [5, 5.41) is 3.03. The summed E-state index contributed by atoms with van der Waals surface area (Å²) in [4.78, 5) is 26.3. The molecule has 154 valence electrons. The van der Waals surface area contributed by atoms with E-state index >= 15 is 0 Å². The maximum absolute atomic E-state index is 13.8.